The highest BCUT2D eigenvalue weighted by molar-refractivity contribution is 7.99. The molecule has 2 aromatic carbocycles. The first-order valence-corrected chi connectivity index (χ1v) is 13.5. The second kappa shape index (κ2) is 12.9. The van der Waals surface area contributed by atoms with Gasteiger partial charge < -0.3 is 10.2 Å². The van der Waals surface area contributed by atoms with Crippen molar-refractivity contribution in [2.24, 2.45) is 0 Å². The number of thioether (sulfide) groups is 1. The van der Waals surface area contributed by atoms with Crippen molar-refractivity contribution in [3.05, 3.63) is 68.7 Å². The molecule has 1 atom stereocenters. The highest BCUT2D eigenvalue weighted by Crippen LogP contribution is 2.25. The molecular formula is C25H29Cl3N2O2S. The van der Waals surface area contributed by atoms with Crippen LogP contribution in [0.4, 0.5) is 0 Å². The van der Waals surface area contributed by atoms with E-state index in [9.17, 15) is 9.59 Å². The van der Waals surface area contributed by atoms with Gasteiger partial charge in [-0.05, 0) is 49.1 Å². The summed E-state index contributed by atoms with van der Waals surface area (Å²) in [6, 6.07) is 12.4. The van der Waals surface area contributed by atoms with Crippen LogP contribution in [0.1, 0.15) is 50.2 Å². The average Bonchev–Trinajstić information content (AvgIpc) is 2.80. The summed E-state index contributed by atoms with van der Waals surface area (Å²) in [4.78, 5) is 27.9. The molecule has 0 spiro atoms. The summed E-state index contributed by atoms with van der Waals surface area (Å²) in [7, 11) is 0. The molecule has 0 unspecified atom stereocenters. The van der Waals surface area contributed by atoms with Crippen molar-refractivity contribution < 1.29 is 9.59 Å². The Morgan fingerprint density at radius 3 is 2.45 bits per heavy atom. The molecule has 4 nitrogen and oxygen atoms in total. The van der Waals surface area contributed by atoms with Crippen molar-refractivity contribution >= 4 is 58.4 Å². The summed E-state index contributed by atoms with van der Waals surface area (Å²) in [5, 5.41) is 4.83. The van der Waals surface area contributed by atoms with Crippen molar-refractivity contribution in [3.63, 3.8) is 0 Å². The van der Waals surface area contributed by atoms with E-state index in [1.807, 2.05) is 24.3 Å². The van der Waals surface area contributed by atoms with E-state index in [0.29, 0.717) is 20.8 Å². The van der Waals surface area contributed by atoms with Crippen LogP contribution < -0.4 is 5.32 Å². The molecule has 2 aromatic rings. The number of amides is 2. The Kier molecular flexibility index (Phi) is 10.2. The largest absolute Gasteiger partial charge is 0.352 e. The third kappa shape index (κ3) is 7.81. The van der Waals surface area contributed by atoms with Gasteiger partial charge in [-0.25, -0.2) is 0 Å². The van der Waals surface area contributed by atoms with Crippen LogP contribution >= 0.6 is 46.6 Å². The van der Waals surface area contributed by atoms with Gasteiger partial charge in [0.2, 0.25) is 11.8 Å². The molecule has 0 aromatic heterocycles. The van der Waals surface area contributed by atoms with Gasteiger partial charge in [0.15, 0.2) is 0 Å². The SMILES string of the molecule is C[C@H](C(=O)NC1CCCCC1)N(Cc1ccc(Cl)cc1Cl)C(=O)CSCc1ccccc1Cl. The van der Waals surface area contributed by atoms with E-state index >= 15 is 0 Å². The lowest BCUT2D eigenvalue weighted by atomic mass is 9.95. The summed E-state index contributed by atoms with van der Waals surface area (Å²) in [5.74, 6) is 0.599. The first kappa shape index (κ1) is 26.2. The van der Waals surface area contributed by atoms with E-state index in [1.165, 1.54) is 18.2 Å². The summed E-state index contributed by atoms with van der Waals surface area (Å²) in [6.07, 6.45) is 5.44. The Labute approximate surface area is 215 Å². The molecule has 1 aliphatic rings. The van der Waals surface area contributed by atoms with E-state index in [0.717, 1.165) is 36.8 Å². The lowest BCUT2D eigenvalue weighted by molar-refractivity contribution is -0.139. The number of carbonyl (C=O) groups excluding carboxylic acids is 2. The third-order valence-electron chi connectivity index (χ3n) is 5.92. The quantitative estimate of drug-likeness (QED) is 0.392. The molecule has 0 saturated heterocycles. The van der Waals surface area contributed by atoms with Crippen molar-refractivity contribution in [3.8, 4) is 0 Å². The number of nitrogens with zero attached hydrogens (tertiary/aromatic N) is 1. The zero-order valence-corrected chi connectivity index (χ0v) is 21.7. The maximum absolute atomic E-state index is 13.3. The Bertz CT molecular complexity index is 966. The summed E-state index contributed by atoms with van der Waals surface area (Å²) in [6.45, 7) is 2.01. The molecule has 1 fully saturated rings. The van der Waals surface area contributed by atoms with Crippen LogP contribution in [0.3, 0.4) is 0 Å². The van der Waals surface area contributed by atoms with E-state index in [1.54, 1.807) is 30.0 Å². The van der Waals surface area contributed by atoms with Gasteiger partial charge in [-0.2, -0.15) is 0 Å². The zero-order valence-electron chi connectivity index (χ0n) is 18.7. The number of carbonyl (C=O) groups is 2. The second-order valence-electron chi connectivity index (χ2n) is 8.36. The van der Waals surface area contributed by atoms with Gasteiger partial charge in [-0.1, -0.05) is 78.3 Å². The molecular weight excluding hydrogens is 499 g/mol. The van der Waals surface area contributed by atoms with Crippen molar-refractivity contribution in [1.29, 1.82) is 0 Å². The van der Waals surface area contributed by atoms with Crippen molar-refractivity contribution in [2.45, 2.75) is 63.4 Å². The fraction of sp³-hybridized carbons (Fsp3) is 0.440. The molecule has 1 aliphatic carbocycles. The molecule has 178 valence electrons. The molecule has 2 amide bonds. The fourth-order valence-electron chi connectivity index (χ4n) is 3.93. The molecule has 0 aliphatic heterocycles. The minimum absolute atomic E-state index is 0.121. The molecule has 0 heterocycles. The van der Waals surface area contributed by atoms with Gasteiger partial charge in [0.25, 0.3) is 0 Å². The van der Waals surface area contributed by atoms with Gasteiger partial charge >= 0.3 is 0 Å². The lowest BCUT2D eigenvalue weighted by Gasteiger charge is -2.31. The van der Waals surface area contributed by atoms with Crippen molar-refractivity contribution in [2.75, 3.05) is 5.75 Å². The van der Waals surface area contributed by atoms with Crippen LogP contribution in [0.25, 0.3) is 0 Å². The normalized spacial score (nSPS) is 15.2. The number of halogens is 3. The number of hydrogen-bond acceptors (Lipinski definition) is 3. The van der Waals surface area contributed by atoms with Gasteiger partial charge in [-0.3, -0.25) is 9.59 Å². The van der Waals surface area contributed by atoms with E-state index in [-0.39, 0.29) is 30.2 Å². The average molecular weight is 528 g/mol. The zero-order chi connectivity index (χ0) is 23.8. The Hall–Kier alpha value is -1.40. The van der Waals surface area contributed by atoms with Gasteiger partial charge in [-0.15, -0.1) is 11.8 Å². The van der Waals surface area contributed by atoms with Crippen LogP contribution in [0.2, 0.25) is 15.1 Å². The van der Waals surface area contributed by atoms with E-state index in [4.69, 9.17) is 34.8 Å². The number of nitrogens with one attached hydrogen (secondary N) is 1. The van der Waals surface area contributed by atoms with Crippen LogP contribution in [0.15, 0.2) is 42.5 Å². The minimum atomic E-state index is -0.618. The molecule has 0 radical (unpaired) electrons. The second-order valence-corrected chi connectivity index (χ2v) is 10.6. The summed E-state index contributed by atoms with van der Waals surface area (Å²) < 4.78 is 0. The van der Waals surface area contributed by atoms with Crippen LogP contribution in [-0.4, -0.2) is 34.6 Å². The first-order valence-electron chi connectivity index (χ1n) is 11.2. The number of hydrogen-bond donors (Lipinski definition) is 1. The lowest BCUT2D eigenvalue weighted by Crippen LogP contribution is -2.50. The van der Waals surface area contributed by atoms with Gasteiger partial charge in [0.05, 0.1) is 5.75 Å². The van der Waals surface area contributed by atoms with E-state index in [2.05, 4.69) is 5.32 Å². The smallest absolute Gasteiger partial charge is 0.242 e. The van der Waals surface area contributed by atoms with Crippen LogP contribution in [0.5, 0.6) is 0 Å². The Morgan fingerprint density at radius 2 is 1.76 bits per heavy atom. The van der Waals surface area contributed by atoms with Crippen LogP contribution in [-0.2, 0) is 21.9 Å². The van der Waals surface area contributed by atoms with E-state index < -0.39 is 6.04 Å². The van der Waals surface area contributed by atoms with Crippen molar-refractivity contribution in [1.82, 2.24) is 10.2 Å². The fourth-order valence-corrected chi connectivity index (χ4v) is 5.60. The van der Waals surface area contributed by atoms with Gasteiger partial charge in [0, 0.05) is 33.4 Å². The highest BCUT2D eigenvalue weighted by Gasteiger charge is 2.28. The monoisotopic (exact) mass is 526 g/mol. The Balaban J connectivity index is 1.69. The maximum atomic E-state index is 13.3. The summed E-state index contributed by atoms with van der Waals surface area (Å²) >= 11 is 20.1. The van der Waals surface area contributed by atoms with Gasteiger partial charge in [0.1, 0.15) is 6.04 Å². The molecule has 1 saturated carbocycles. The number of benzene rings is 2. The number of rotatable bonds is 9. The molecule has 1 N–H and O–H groups in total. The third-order valence-corrected chi connectivity index (χ3v) is 7.84. The molecule has 3 rings (SSSR count). The molecule has 33 heavy (non-hydrogen) atoms. The standard InChI is InChI=1S/C25H29Cl3N2O2S/c1-17(25(32)29-21-8-3-2-4-9-21)30(14-18-11-12-20(26)13-23(18)28)24(31)16-33-15-19-7-5-6-10-22(19)27/h5-7,10-13,17,21H,2-4,8-9,14-16H2,1H3,(H,29,32)/t17-/m1/s1. The topological polar surface area (TPSA) is 49.4 Å². The Morgan fingerprint density at radius 1 is 1.03 bits per heavy atom. The first-order chi connectivity index (χ1) is 15.8. The molecule has 8 heteroatoms. The summed E-state index contributed by atoms with van der Waals surface area (Å²) in [5.41, 5.74) is 1.73. The minimum Gasteiger partial charge on any atom is -0.352 e. The predicted octanol–water partition coefficient (Wildman–Crippen LogP) is 6.75. The predicted molar refractivity (Wildman–Crippen MR) is 139 cm³/mol. The van der Waals surface area contributed by atoms with Crippen LogP contribution in [0, 0.1) is 0 Å². The maximum Gasteiger partial charge on any atom is 0.242 e. The molecule has 0 bridgehead atoms. The highest BCUT2D eigenvalue weighted by atomic mass is 35.5.